The van der Waals surface area contributed by atoms with Crippen molar-refractivity contribution in [3.63, 3.8) is 0 Å². The number of anilines is 1. The molecular formula is C24H22N2S. The number of rotatable bonds is 3. The molecule has 0 fully saturated rings. The van der Waals surface area contributed by atoms with E-state index in [1.54, 1.807) is 11.3 Å². The second-order valence-corrected chi connectivity index (χ2v) is 8.41. The smallest absolute Gasteiger partial charge is 0.0630 e. The first-order valence-electron chi connectivity index (χ1n) is 9.49. The molecule has 0 unspecified atom stereocenters. The van der Waals surface area contributed by atoms with Gasteiger partial charge in [0.25, 0.3) is 0 Å². The topological polar surface area (TPSA) is 24.4 Å². The predicted molar refractivity (Wildman–Crippen MR) is 116 cm³/mol. The molecule has 3 atom stereocenters. The number of nitrogens with zero attached hydrogens (tertiary/aromatic N) is 1. The van der Waals surface area contributed by atoms with Crippen molar-refractivity contribution in [3.05, 3.63) is 93.7 Å². The quantitative estimate of drug-likeness (QED) is 0.406. The number of aliphatic imine (C=N–C) groups is 1. The standard InChI is InChI=1S/C24H22N2S/c1-16-7-12-23-22(14-16)20-5-2-6-21(20)24(26-23)17-8-10-18(11-9-17)25-15-19-4-3-13-27-19/h2-5,7-15,20-21,24,26H,6H2,1H3/t20-,21+,24-/m1/s1. The summed E-state index contributed by atoms with van der Waals surface area (Å²) in [5, 5.41) is 5.88. The van der Waals surface area contributed by atoms with Crippen LogP contribution < -0.4 is 5.32 Å². The Morgan fingerprint density at radius 3 is 2.81 bits per heavy atom. The van der Waals surface area contributed by atoms with Gasteiger partial charge in [-0.15, -0.1) is 11.3 Å². The molecule has 3 heteroatoms. The van der Waals surface area contributed by atoms with E-state index in [0.717, 1.165) is 12.1 Å². The van der Waals surface area contributed by atoms with E-state index in [0.29, 0.717) is 17.9 Å². The average molecular weight is 371 g/mol. The third-order valence-electron chi connectivity index (χ3n) is 5.65. The zero-order valence-corrected chi connectivity index (χ0v) is 16.1. The monoisotopic (exact) mass is 370 g/mol. The van der Waals surface area contributed by atoms with Crippen LogP contribution in [0.3, 0.4) is 0 Å². The number of thiophene rings is 1. The van der Waals surface area contributed by atoms with Gasteiger partial charge < -0.3 is 5.32 Å². The Hall–Kier alpha value is -2.65. The summed E-state index contributed by atoms with van der Waals surface area (Å²) >= 11 is 1.71. The van der Waals surface area contributed by atoms with Gasteiger partial charge in [0, 0.05) is 22.7 Å². The lowest BCUT2D eigenvalue weighted by Crippen LogP contribution is -2.29. The van der Waals surface area contributed by atoms with E-state index in [-0.39, 0.29) is 0 Å². The van der Waals surface area contributed by atoms with E-state index in [4.69, 9.17) is 0 Å². The van der Waals surface area contributed by atoms with Gasteiger partial charge in [0.05, 0.1) is 11.7 Å². The number of nitrogens with one attached hydrogen (secondary N) is 1. The lowest BCUT2D eigenvalue weighted by atomic mass is 9.76. The van der Waals surface area contributed by atoms with Crippen molar-refractivity contribution in [2.45, 2.75) is 25.3 Å². The number of hydrogen-bond acceptors (Lipinski definition) is 3. The number of fused-ring (bicyclic) bond motifs is 3. The van der Waals surface area contributed by atoms with E-state index in [1.165, 1.54) is 27.3 Å². The molecule has 2 heterocycles. The van der Waals surface area contributed by atoms with Crippen molar-refractivity contribution >= 4 is 28.9 Å². The summed E-state index contributed by atoms with van der Waals surface area (Å²) in [6.07, 6.45) is 7.82. The minimum Gasteiger partial charge on any atom is -0.378 e. The van der Waals surface area contributed by atoms with Gasteiger partial charge in [0.2, 0.25) is 0 Å². The molecular weight excluding hydrogens is 348 g/mol. The molecule has 0 amide bonds. The molecule has 0 radical (unpaired) electrons. The molecule has 1 aliphatic heterocycles. The van der Waals surface area contributed by atoms with E-state index >= 15 is 0 Å². The van der Waals surface area contributed by atoms with E-state index in [2.05, 4.69) is 89.4 Å². The molecule has 0 bridgehead atoms. The number of benzene rings is 2. The largest absolute Gasteiger partial charge is 0.378 e. The Labute approximate surface area is 164 Å². The molecule has 2 aromatic carbocycles. The van der Waals surface area contributed by atoms with Gasteiger partial charge in [-0.05, 0) is 60.0 Å². The second-order valence-electron chi connectivity index (χ2n) is 7.43. The normalized spacial score (nSPS) is 23.2. The fraction of sp³-hybridized carbons (Fsp3) is 0.208. The molecule has 3 aromatic rings. The van der Waals surface area contributed by atoms with Crippen molar-refractivity contribution in [1.82, 2.24) is 0 Å². The predicted octanol–water partition coefficient (Wildman–Crippen LogP) is 6.63. The summed E-state index contributed by atoms with van der Waals surface area (Å²) < 4.78 is 0. The number of allylic oxidation sites excluding steroid dienone is 2. The molecule has 1 aromatic heterocycles. The van der Waals surface area contributed by atoms with Gasteiger partial charge in [-0.25, -0.2) is 0 Å². The summed E-state index contributed by atoms with van der Waals surface area (Å²) in [4.78, 5) is 5.78. The highest BCUT2D eigenvalue weighted by Crippen LogP contribution is 2.49. The van der Waals surface area contributed by atoms with Crippen molar-refractivity contribution in [2.75, 3.05) is 5.32 Å². The van der Waals surface area contributed by atoms with Crippen LogP contribution in [0, 0.1) is 12.8 Å². The van der Waals surface area contributed by atoms with E-state index in [9.17, 15) is 0 Å². The lowest BCUT2D eigenvalue weighted by Gasteiger charge is -2.37. The number of aryl methyl sites for hydroxylation is 1. The van der Waals surface area contributed by atoms with Crippen LogP contribution in [0.2, 0.25) is 0 Å². The summed E-state index contributed by atoms with van der Waals surface area (Å²) in [5.74, 6) is 1.10. The van der Waals surface area contributed by atoms with Crippen LogP contribution in [0.4, 0.5) is 11.4 Å². The Bertz CT molecular complexity index is 999. The van der Waals surface area contributed by atoms with Crippen LogP contribution in [0.15, 0.2) is 77.1 Å². The highest BCUT2D eigenvalue weighted by Gasteiger charge is 2.37. The summed E-state index contributed by atoms with van der Waals surface area (Å²) in [6.45, 7) is 2.18. The summed E-state index contributed by atoms with van der Waals surface area (Å²) in [7, 11) is 0. The third kappa shape index (κ3) is 3.13. The zero-order chi connectivity index (χ0) is 18.2. The molecule has 0 spiro atoms. The Balaban J connectivity index is 1.42. The van der Waals surface area contributed by atoms with Crippen molar-refractivity contribution in [2.24, 2.45) is 10.9 Å². The summed E-state index contributed by atoms with van der Waals surface area (Å²) in [6, 6.07) is 20.0. The highest BCUT2D eigenvalue weighted by molar-refractivity contribution is 7.11. The Morgan fingerprint density at radius 1 is 1.11 bits per heavy atom. The molecule has 2 nitrogen and oxygen atoms in total. The average Bonchev–Trinajstić information content (AvgIpc) is 3.38. The lowest BCUT2D eigenvalue weighted by molar-refractivity contribution is 0.425. The minimum absolute atomic E-state index is 0.343. The van der Waals surface area contributed by atoms with Gasteiger partial charge >= 0.3 is 0 Å². The molecule has 134 valence electrons. The molecule has 27 heavy (non-hydrogen) atoms. The van der Waals surface area contributed by atoms with Gasteiger partial charge in [0.1, 0.15) is 0 Å². The van der Waals surface area contributed by atoms with E-state index < -0.39 is 0 Å². The van der Waals surface area contributed by atoms with Crippen molar-refractivity contribution < 1.29 is 0 Å². The van der Waals surface area contributed by atoms with Crippen molar-refractivity contribution in [3.8, 4) is 0 Å². The van der Waals surface area contributed by atoms with Crippen LogP contribution in [-0.2, 0) is 0 Å². The maximum absolute atomic E-state index is 4.60. The van der Waals surface area contributed by atoms with Crippen LogP contribution in [0.1, 0.15) is 39.9 Å². The maximum atomic E-state index is 4.60. The highest BCUT2D eigenvalue weighted by atomic mass is 32.1. The zero-order valence-electron chi connectivity index (χ0n) is 15.3. The second kappa shape index (κ2) is 6.82. The first-order chi connectivity index (χ1) is 13.3. The van der Waals surface area contributed by atoms with E-state index in [1.807, 2.05) is 6.21 Å². The van der Waals surface area contributed by atoms with Crippen molar-refractivity contribution in [1.29, 1.82) is 0 Å². The molecule has 2 aliphatic rings. The van der Waals surface area contributed by atoms with Crippen LogP contribution in [0.5, 0.6) is 0 Å². The fourth-order valence-electron chi connectivity index (χ4n) is 4.31. The number of hydrogen-bond donors (Lipinski definition) is 1. The molecule has 0 saturated carbocycles. The van der Waals surface area contributed by atoms with Crippen LogP contribution in [0.25, 0.3) is 0 Å². The van der Waals surface area contributed by atoms with Gasteiger partial charge in [-0.1, -0.05) is 48.0 Å². The minimum atomic E-state index is 0.343. The van der Waals surface area contributed by atoms with Gasteiger partial charge in [-0.2, -0.15) is 0 Å². The fourth-order valence-corrected chi connectivity index (χ4v) is 4.90. The third-order valence-corrected chi connectivity index (χ3v) is 6.46. The maximum Gasteiger partial charge on any atom is 0.0630 e. The Morgan fingerprint density at radius 2 is 2.00 bits per heavy atom. The van der Waals surface area contributed by atoms with Gasteiger partial charge in [-0.3, -0.25) is 4.99 Å². The van der Waals surface area contributed by atoms with Crippen LogP contribution in [-0.4, -0.2) is 6.21 Å². The molecule has 1 aliphatic carbocycles. The molecule has 5 rings (SSSR count). The van der Waals surface area contributed by atoms with Crippen LogP contribution >= 0.6 is 11.3 Å². The molecule has 1 N–H and O–H groups in total. The SMILES string of the molecule is Cc1ccc2c(c1)[C@@H]1C=CC[C@@H]1[C@@H](c1ccc(N=Cc3cccs3)cc1)N2. The van der Waals surface area contributed by atoms with Gasteiger partial charge in [0.15, 0.2) is 0 Å². The summed E-state index contributed by atoms with van der Waals surface area (Å²) in [5.41, 5.74) is 6.40. The Kier molecular flexibility index (Phi) is 4.17. The molecule has 0 saturated heterocycles. The first kappa shape index (κ1) is 16.5. The first-order valence-corrected chi connectivity index (χ1v) is 10.4.